The van der Waals surface area contributed by atoms with Crippen LogP contribution in [0.5, 0.6) is 5.75 Å². The first kappa shape index (κ1) is 15.4. The lowest BCUT2D eigenvalue weighted by Crippen LogP contribution is -2.05. The maximum absolute atomic E-state index is 12.6. The van der Waals surface area contributed by atoms with Gasteiger partial charge in [-0.3, -0.25) is 4.79 Å². The number of rotatable bonds is 3. The van der Waals surface area contributed by atoms with Crippen molar-refractivity contribution < 1.29 is 9.90 Å². The van der Waals surface area contributed by atoms with Crippen LogP contribution >= 0.6 is 11.6 Å². The molecule has 0 atom stereocenters. The minimum Gasteiger partial charge on any atom is -0.507 e. The van der Waals surface area contributed by atoms with Gasteiger partial charge in [-0.2, -0.15) is 5.10 Å². The molecule has 5 nitrogen and oxygen atoms in total. The highest BCUT2D eigenvalue weighted by atomic mass is 35.5. The zero-order valence-corrected chi connectivity index (χ0v) is 13.7. The van der Waals surface area contributed by atoms with E-state index < -0.39 is 0 Å². The topological polar surface area (TPSA) is 67.5 Å². The van der Waals surface area contributed by atoms with E-state index in [4.69, 9.17) is 11.6 Å². The van der Waals surface area contributed by atoms with Crippen molar-refractivity contribution in [2.75, 3.05) is 0 Å². The summed E-state index contributed by atoms with van der Waals surface area (Å²) < 4.78 is 1.55. The number of phenolic OH excluding ortho intramolecular Hbond substituents is 1. The summed E-state index contributed by atoms with van der Waals surface area (Å²) in [7, 11) is 0. The van der Waals surface area contributed by atoms with E-state index in [0.29, 0.717) is 16.2 Å². The first-order valence-corrected chi connectivity index (χ1v) is 7.94. The van der Waals surface area contributed by atoms with Crippen molar-refractivity contribution >= 4 is 23.0 Å². The van der Waals surface area contributed by atoms with Gasteiger partial charge in [-0.15, -0.1) is 0 Å². The molecule has 0 unspecified atom stereocenters. The van der Waals surface area contributed by atoms with Gasteiger partial charge in [-0.25, -0.2) is 9.50 Å². The molecule has 0 aliphatic carbocycles. The maximum atomic E-state index is 12.6. The summed E-state index contributed by atoms with van der Waals surface area (Å²) in [5.41, 5.74) is 2.80. The predicted octanol–water partition coefficient (Wildman–Crippen LogP) is 3.99. The maximum Gasteiger partial charge on any atom is 0.199 e. The second-order valence-electron chi connectivity index (χ2n) is 5.53. The number of carbonyl (C=O) groups is 1. The van der Waals surface area contributed by atoms with Crippen molar-refractivity contribution in [2.45, 2.75) is 0 Å². The molecule has 0 saturated carbocycles. The Kier molecular flexibility index (Phi) is 3.71. The number of aromatic nitrogens is 3. The standard InChI is InChI=1S/C19H12ClN3O2/c20-14-6-7-17(24)15(8-14)19(25)13-10-21-18-9-16(22-23(18)11-13)12-4-2-1-3-5-12/h1-11,24H. The van der Waals surface area contributed by atoms with Crippen LogP contribution in [0.3, 0.4) is 0 Å². The lowest BCUT2D eigenvalue weighted by Gasteiger charge is -2.04. The molecule has 2 aromatic heterocycles. The molecule has 0 aliphatic heterocycles. The van der Waals surface area contributed by atoms with Gasteiger partial charge in [-0.05, 0) is 18.2 Å². The Hall–Kier alpha value is -3.18. The van der Waals surface area contributed by atoms with E-state index in [1.165, 1.54) is 24.4 Å². The third-order valence-electron chi connectivity index (χ3n) is 3.85. The van der Waals surface area contributed by atoms with Crippen LogP contribution in [0.1, 0.15) is 15.9 Å². The highest BCUT2D eigenvalue weighted by Gasteiger charge is 2.16. The Morgan fingerprint density at radius 2 is 1.88 bits per heavy atom. The number of nitrogens with zero attached hydrogens (tertiary/aromatic N) is 3. The van der Waals surface area contributed by atoms with Crippen LogP contribution in [0.25, 0.3) is 16.9 Å². The Bertz CT molecular complexity index is 1090. The number of hydrogen-bond acceptors (Lipinski definition) is 4. The summed E-state index contributed by atoms with van der Waals surface area (Å²) in [5, 5.41) is 14.8. The number of hydrogen-bond donors (Lipinski definition) is 1. The molecule has 122 valence electrons. The predicted molar refractivity (Wildman–Crippen MR) is 95.0 cm³/mol. The van der Waals surface area contributed by atoms with E-state index in [9.17, 15) is 9.90 Å². The lowest BCUT2D eigenvalue weighted by molar-refractivity contribution is 0.103. The molecule has 0 amide bonds. The van der Waals surface area contributed by atoms with Gasteiger partial charge in [0.1, 0.15) is 5.75 Å². The van der Waals surface area contributed by atoms with Crippen LogP contribution in [0, 0.1) is 0 Å². The molecule has 2 heterocycles. The summed E-state index contributed by atoms with van der Waals surface area (Å²) in [6.07, 6.45) is 3.06. The van der Waals surface area contributed by atoms with Crippen molar-refractivity contribution in [3.63, 3.8) is 0 Å². The van der Waals surface area contributed by atoms with E-state index >= 15 is 0 Å². The molecular weight excluding hydrogens is 338 g/mol. The number of halogens is 1. The average Bonchev–Trinajstić information content (AvgIpc) is 3.07. The fraction of sp³-hybridized carbons (Fsp3) is 0. The third kappa shape index (κ3) is 2.86. The molecule has 0 bridgehead atoms. The largest absolute Gasteiger partial charge is 0.507 e. The van der Waals surface area contributed by atoms with Crippen LogP contribution in [0.2, 0.25) is 5.02 Å². The number of aromatic hydroxyl groups is 1. The van der Waals surface area contributed by atoms with Crippen LogP contribution in [0.4, 0.5) is 0 Å². The van der Waals surface area contributed by atoms with Crippen LogP contribution in [-0.4, -0.2) is 25.5 Å². The first-order chi connectivity index (χ1) is 12.1. The molecule has 0 spiro atoms. The molecule has 0 radical (unpaired) electrons. The number of ketones is 1. The van der Waals surface area contributed by atoms with E-state index in [2.05, 4.69) is 10.1 Å². The number of phenols is 1. The summed E-state index contributed by atoms with van der Waals surface area (Å²) in [5.74, 6) is -0.494. The van der Waals surface area contributed by atoms with Crippen LogP contribution in [0.15, 0.2) is 67.0 Å². The van der Waals surface area contributed by atoms with Gasteiger partial charge >= 0.3 is 0 Å². The Balaban J connectivity index is 1.76. The second-order valence-corrected chi connectivity index (χ2v) is 5.97. The fourth-order valence-electron chi connectivity index (χ4n) is 2.59. The number of benzene rings is 2. The van der Waals surface area contributed by atoms with Crippen molar-refractivity contribution in [3.05, 3.63) is 83.1 Å². The van der Waals surface area contributed by atoms with Gasteiger partial charge in [0.2, 0.25) is 0 Å². The zero-order chi connectivity index (χ0) is 17.4. The Morgan fingerprint density at radius 3 is 2.68 bits per heavy atom. The zero-order valence-electron chi connectivity index (χ0n) is 12.9. The molecule has 1 N–H and O–H groups in total. The summed E-state index contributed by atoms with van der Waals surface area (Å²) >= 11 is 5.92. The molecule has 25 heavy (non-hydrogen) atoms. The molecular formula is C19H12ClN3O2. The minimum atomic E-state index is -0.369. The van der Waals surface area contributed by atoms with Crippen molar-refractivity contribution in [1.29, 1.82) is 0 Å². The third-order valence-corrected chi connectivity index (χ3v) is 4.08. The molecule has 4 aromatic rings. The first-order valence-electron chi connectivity index (χ1n) is 7.56. The van der Waals surface area contributed by atoms with Crippen LogP contribution in [-0.2, 0) is 0 Å². The summed E-state index contributed by atoms with van der Waals surface area (Å²) in [6, 6.07) is 15.9. The van der Waals surface area contributed by atoms with E-state index in [0.717, 1.165) is 11.3 Å². The van der Waals surface area contributed by atoms with Gasteiger partial charge < -0.3 is 5.11 Å². The average molecular weight is 350 g/mol. The molecule has 4 rings (SSSR count). The molecule has 2 aromatic carbocycles. The lowest BCUT2D eigenvalue weighted by atomic mass is 10.1. The highest BCUT2D eigenvalue weighted by Crippen LogP contribution is 2.24. The van der Waals surface area contributed by atoms with E-state index in [1.807, 2.05) is 36.4 Å². The van der Waals surface area contributed by atoms with Gasteiger partial charge in [-0.1, -0.05) is 41.9 Å². The van der Waals surface area contributed by atoms with Gasteiger partial charge in [0.25, 0.3) is 0 Å². The summed E-state index contributed by atoms with van der Waals surface area (Å²) in [6.45, 7) is 0. The Morgan fingerprint density at radius 1 is 1.08 bits per heavy atom. The minimum absolute atomic E-state index is 0.125. The van der Waals surface area contributed by atoms with Crippen molar-refractivity contribution in [1.82, 2.24) is 14.6 Å². The monoisotopic (exact) mass is 349 g/mol. The molecule has 0 aliphatic rings. The van der Waals surface area contributed by atoms with Crippen LogP contribution < -0.4 is 0 Å². The smallest absolute Gasteiger partial charge is 0.199 e. The number of fused-ring (bicyclic) bond motifs is 1. The summed E-state index contributed by atoms with van der Waals surface area (Å²) in [4.78, 5) is 16.9. The highest BCUT2D eigenvalue weighted by molar-refractivity contribution is 6.31. The number of carbonyl (C=O) groups excluding carboxylic acids is 1. The van der Waals surface area contributed by atoms with Gasteiger partial charge in [0, 0.05) is 29.0 Å². The van der Waals surface area contributed by atoms with Crippen molar-refractivity contribution in [2.24, 2.45) is 0 Å². The normalized spacial score (nSPS) is 10.9. The van der Waals surface area contributed by atoms with E-state index in [-0.39, 0.29) is 17.1 Å². The Labute approximate surface area is 148 Å². The molecule has 0 fully saturated rings. The quantitative estimate of drug-likeness (QED) is 0.568. The molecule has 0 saturated heterocycles. The van der Waals surface area contributed by atoms with E-state index in [1.54, 1.807) is 10.7 Å². The van der Waals surface area contributed by atoms with Crippen molar-refractivity contribution in [3.8, 4) is 17.0 Å². The SMILES string of the molecule is O=C(c1cnc2cc(-c3ccccc3)nn2c1)c1cc(Cl)ccc1O. The molecule has 6 heteroatoms. The van der Waals surface area contributed by atoms with Gasteiger partial charge in [0.05, 0.1) is 16.8 Å². The van der Waals surface area contributed by atoms with Gasteiger partial charge in [0.15, 0.2) is 11.4 Å². The second kappa shape index (κ2) is 6.03. The fourth-order valence-corrected chi connectivity index (χ4v) is 2.76.